The maximum Gasteiger partial charge on any atom is 0.224 e. The molecule has 0 saturated heterocycles. The van der Waals surface area contributed by atoms with Crippen molar-refractivity contribution in [3.63, 3.8) is 0 Å². The number of amides is 1. The number of ketones is 1. The van der Waals surface area contributed by atoms with Gasteiger partial charge in [-0.3, -0.25) is 9.59 Å². The standard InChI is InChI=1S/C12H12ClNO2/c1-7-4-12(16)14-10-3-2-8(5-9(7)10)11(15)6-13/h2-3,5,7H,4,6H2,1H3,(H,14,16)/t7-/m0/s1. The Morgan fingerprint density at radius 2 is 2.31 bits per heavy atom. The lowest BCUT2D eigenvalue weighted by molar-refractivity contribution is -0.116. The van der Waals surface area contributed by atoms with Crippen LogP contribution in [-0.4, -0.2) is 17.6 Å². The number of benzene rings is 1. The van der Waals surface area contributed by atoms with Crippen molar-refractivity contribution in [1.29, 1.82) is 0 Å². The summed E-state index contributed by atoms with van der Waals surface area (Å²) >= 11 is 5.51. The predicted molar refractivity (Wildman–Crippen MR) is 63.2 cm³/mol. The summed E-state index contributed by atoms with van der Waals surface area (Å²) in [4.78, 5) is 22.8. The summed E-state index contributed by atoms with van der Waals surface area (Å²) < 4.78 is 0. The molecule has 0 aliphatic carbocycles. The number of fused-ring (bicyclic) bond motifs is 1. The third-order valence-electron chi connectivity index (χ3n) is 2.79. The van der Waals surface area contributed by atoms with E-state index in [0.29, 0.717) is 12.0 Å². The van der Waals surface area contributed by atoms with E-state index >= 15 is 0 Å². The number of carbonyl (C=O) groups excluding carboxylic acids is 2. The lowest BCUT2D eigenvalue weighted by Gasteiger charge is -2.23. The van der Waals surface area contributed by atoms with Crippen LogP contribution in [0.4, 0.5) is 5.69 Å². The largest absolute Gasteiger partial charge is 0.326 e. The van der Waals surface area contributed by atoms with Gasteiger partial charge in [-0.25, -0.2) is 0 Å². The maximum atomic E-state index is 11.5. The first-order valence-electron chi connectivity index (χ1n) is 5.14. The molecule has 0 radical (unpaired) electrons. The van der Waals surface area contributed by atoms with E-state index in [1.54, 1.807) is 12.1 Å². The summed E-state index contributed by atoms with van der Waals surface area (Å²) in [7, 11) is 0. The van der Waals surface area contributed by atoms with E-state index in [1.165, 1.54) is 0 Å². The lowest BCUT2D eigenvalue weighted by atomic mass is 9.90. The second-order valence-electron chi connectivity index (χ2n) is 4.01. The average Bonchev–Trinajstić information content (AvgIpc) is 2.27. The Hall–Kier alpha value is -1.35. The highest BCUT2D eigenvalue weighted by molar-refractivity contribution is 6.30. The molecule has 1 heterocycles. The molecule has 84 valence electrons. The van der Waals surface area contributed by atoms with Gasteiger partial charge in [-0.2, -0.15) is 0 Å². The molecule has 1 amide bonds. The van der Waals surface area contributed by atoms with Gasteiger partial charge in [-0.15, -0.1) is 11.6 Å². The van der Waals surface area contributed by atoms with Gasteiger partial charge >= 0.3 is 0 Å². The van der Waals surface area contributed by atoms with Gasteiger partial charge in [-0.1, -0.05) is 6.92 Å². The van der Waals surface area contributed by atoms with Gasteiger partial charge in [0.05, 0.1) is 5.88 Å². The van der Waals surface area contributed by atoms with Crippen molar-refractivity contribution in [2.45, 2.75) is 19.3 Å². The monoisotopic (exact) mass is 237 g/mol. The molecule has 16 heavy (non-hydrogen) atoms. The van der Waals surface area contributed by atoms with Crippen molar-refractivity contribution < 1.29 is 9.59 Å². The van der Waals surface area contributed by atoms with Gasteiger partial charge in [0.15, 0.2) is 5.78 Å². The molecular formula is C12H12ClNO2. The molecule has 0 aromatic heterocycles. The molecule has 1 aliphatic rings. The minimum atomic E-state index is -0.0893. The highest BCUT2D eigenvalue weighted by Crippen LogP contribution is 2.32. The smallest absolute Gasteiger partial charge is 0.224 e. The zero-order chi connectivity index (χ0) is 11.7. The van der Waals surface area contributed by atoms with Crippen LogP contribution >= 0.6 is 11.6 Å². The number of rotatable bonds is 2. The number of Topliss-reactive ketones (excluding diaryl/α,β-unsaturated/α-hetero) is 1. The average molecular weight is 238 g/mol. The Morgan fingerprint density at radius 3 is 3.00 bits per heavy atom. The van der Waals surface area contributed by atoms with Gasteiger partial charge in [0, 0.05) is 17.7 Å². The number of nitrogens with one attached hydrogen (secondary N) is 1. The normalized spacial score (nSPS) is 18.9. The number of carbonyl (C=O) groups is 2. The molecule has 2 rings (SSSR count). The Labute approximate surface area is 98.8 Å². The molecule has 1 aliphatic heterocycles. The van der Waals surface area contributed by atoms with E-state index in [-0.39, 0.29) is 23.5 Å². The Bertz CT molecular complexity index is 456. The molecule has 0 unspecified atom stereocenters. The molecule has 3 nitrogen and oxygen atoms in total. The van der Waals surface area contributed by atoms with Crippen LogP contribution in [0.3, 0.4) is 0 Å². The van der Waals surface area contributed by atoms with Crippen molar-refractivity contribution in [3.05, 3.63) is 29.3 Å². The summed E-state index contributed by atoms with van der Waals surface area (Å²) in [5.74, 6) is 0.0660. The van der Waals surface area contributed by atoms with Crippen LogP contribution < -0.4 is 5.32 Å². The molecule has 1 atom stereocenters. The summed E-state index contributed by atoms with van der Waals surface area (Å²) in [6.45, 7) is 1.98. The molecule has 0 bridgehead atoms. The van der Waals surface area contributed by atoms with Crippen molar-refractivity contribution in [3.8, 4) is 0 Å². The van der Waals surface area contributed by atoms with Gasteiger partial charge in [0.25, 0.3) is 0 Å². The van der Waals surface area contributed by atoms with E-state index in [4.69, 9.17) is 11.6 Å². The fourth-order valence-corrected chi connectivity index (χ4v) is 2.08. The summed E-state index contributed by atoms with van der Waals surface area (Å²) in [5.41, 5.74) is 2.42. The highest BCUT2D eigenvalue weighted by Gasteiger charge is 2.22. The third kappa shape index (κ3) is 1.95. The van der Waals surface area contributed by atoms with Gasteiger partial charge in [0.1, 0.15) is 0 Å². The lowest BCUT2D eigenvalue weighted by Crippen LogP contribution is -2.21. The van der Waals surface area contributed by atoms with Crippen LogP contribution in [0.1, 0.15) is 35.2 Å². The maximum absolute atomic E-state index is 11.5. The Balaban J connectivity index is 2.42. The summed E-state index contributed by atoms with van der Waals surface area (Å²) in [5, 5.41) is 2.79. The van der Waals surface area contributed by atoms with Crippen LogP contribution in [0.2, 0.25) is 0 Å². The highest BCUT2D eigenvalue weighted by atomic mass is 35.5. The van der Waals surface area contributed by atoms with Gasteiger partial charge < -0.3 is 5.32 Å². The SMILES string of the molecule is C[C@H]1CC(=O)Nc2ccc(C(=O)CCl)cc21. The van der Waals surface area contributed by atoms with Crippen molar-refractivity contribution in [1.82, 2.24) is 0 Å². The first-order chi connectivity index (χ1) is 7.61. The number of halogens is 1. The Morgan fingerprint density at radius 1 is 1.56 bits per heavy atom. The molecular weight excluding hydrogens is 226 g/mol. The molecule has 4 heteroatoms. The van der Waals surface area contributed by atoms with Crippen LogP contribution in [-0.2, 0) is 4.79 Å². The number of anilines is 1. The molecule has 0 fully saturated rings. The molecule has 0 spiro atoms. The first-order valence-corrected chi connectivity index (χ1v) is 5.68. The van der Waals surface area contributed by atoms with E-state index in [1.807, 2.05) is 13.0 Å². The van der Waals surface area contributed by atoms with E-state index in [0.717, 1.165) is 11.3 Å². The minimum absolute atomic E-state index is 0.0144. The topological polar surface area (TPSA) is 46.2 Å². The van der Waals surface area contributed by atoms with Crippen LogP contribution in [0, 0.1) is 0 Å². The van der Waals surface area contributed by atoms with Gasteiger partial charge in [0.2, 0.25) is 5.91 Å². The third-order valence-corrected chi connectivity index (χ3v) is 3.03. The van der Waals surface area contributed by atoms with E-state index < -0.39 is 0 Å². The fourth-order valence-electron chi connectivity index (χ4n) is 1.92. The number of hydrogen-bond donors (Lipinski definition) is 1. The molecule has 1 N–H and O–H groups in total. The fraction of sp³-hybridized carbons (Fsp3) is 0.333. The van der Waals surface area contributed by atoms with E-state index in [2.05, 4.69) is 5.32 Å². The van der Waals surface area contributed by atoms with Crippen LogP contribution in [0.25, 0.3) is 0 Å². The molecule has 1 aromatic rings. The molecule has 0 saturated carbocycles. The quantitative estimate of drug-likeness (QED) is 0.635. The van der Waals surface area contributed by atoms with Crippen molar-refractivity contribution in [2.75, 3.05) is 11.2 Å². The summed E-state index contributed by atoms with van der Waals surface area (Å²) in [6, 6.07) is 5.29. The van der Waals surface area contributed by atoms with E-state index in [9.17, 15) is 9.59 Å². The van der Waals surface area contributed by atoms with Crippen molar-refractivity contribution in [2.24, 2.45) is 0 Å². The summed E-state index contributed by atoms with van der Waals surface area (Å²) in [6.07, 6.45) is 0.464. The number of alkyl halides is 1. The second-order valence-corrected chi connectivity index (χ2v) is 4.28. The zero-order valence-electron chi connectivity index (χ0n) is 8.92. The minimum Gasteiger partial charge on any atom is -0.326 e. The first kappa shape index (κ1) is 11.1. The predicted octanol–water partition coefficient (Wildman–Crippen LogP) is 2.55. The van der Waals surface area contributed by atoms with Crippen LogP contribution in [0.15, 0.2) is 18.2 Å². The van der Waals surface area contributed by atoms with Crippen LogP contribution in [0.5, 0.6) is 0 Å². The molecule has 1 aromatic carbocycles. The zero-order valence-corrected chi connectivity index (χ0v) is 9.67. The van der Waals surface area contributed by atoms with Gasteiger partial charge in [-0.05, 0) is 29.7 Å². The Kier molecular flexibility index (Phi) is 2.97. The van der Waals surface area contributed by atoms with Crippen molar-refractivity contribution >= 4 is 29.0 Å². The number of hydrogen-bond acceptors (Lipinski definition) is 2. The second kappa shape index (κ2) is 4.26.